The number of aromatic nitrogens is 2. The molecule has 0 spiro atoms. The molecule has 0 aliphatic carbocycles. The maximum Gasteiger partial charge on any atom is 0.137 e. The second-order valence-electron chi connectivity index (χ2n) is 12.3. The van der Waals surface area contributed by atoms with E-state index in [0.29, 0.717) is 0 Å². The van der Waals surface area contributed by atoms with Crippen LogP contribution in [0.15, 0.2) is 156 Å². The van der Waals surface area contributed by atoms with E-state index < -0.39 is 0 Å². The van der Waals surface area contributed by atoms with Crippen LogP contribution in [0, 0.1) is 6.92 Å². The average Bonchev–Trinajstić information content (AvgIpc) is 3.75. The van der Waals surface area contributed by atoms with Gasteiger partial charge in [0.15, 0.2) is 0 Å². The largest absolute Gasteiger partial charge is 0.456 e. The van der Waals surface area contributed by atoms with E-state index in [1.807, 2.05) is 12.1 Å². The van der Waals surface area contributed by atoms with Gasteiger partial charge in [-0.2, -0.15) is 0 Å². The number of rotatable bonds is 3. The minimum Gasteiger partial charge on any atom is -0.456 e. The van der Waals surface area contributed by atoms with Gasteiger partial charge in [-0.1, -0.05) is 90.5 Å². The fraction of sp³-hybridized carbons (Fsp3) is 0.0233. The summed E-state index contributed by atoms with van der Waals surface area (Å²) in [4.78, 5) is 0. The highest BCUT2D eigenvalue weighted by molar-refractivity contribution is 6.13. The molecule has 0 radical (unpaired) electrons. The Bertz CT molecular complexity index is 2810. The van der Waals surface area contributed by atoms with Crippen LogP contribution in [0.3, 0.4) is 0 Å². The van der Waals surface area contributed by atoms with Crippen molar-refractivity contribution in [3.63, 3.8) is 0 Å². The summed E-state index contributed by atoms with van der Waals surface area (Å²) >= 11 is 0. The van der Waals surface area contributed by atoms with Crippen molar-refractivity contribution in [3.8, 4) is 22.5 Å². The normalized spacial score (nSPS) is 12.0. The Balaban J connectivity index is 1.19. The van der Waals surface area contributed by atoms with E-state index in [0.717, 1.165) is 27.6 Å². The van der Waals surface area contributed by atoms with Crippen LogP contribution in [0.25, 0.3) is 88.1 Å². The molecule has 0 saturated carbocycles. The van der Waals surface area contributed by atoms with Gasteiger partial charge in [0.1, 0.15) is 11.2 Å². The topological polar surface area (TPSA) is 23.0 Å². The second-order valence-corrected chi connectivity index (χ2v) is 12.3. The van der Waals surface area contributed by atoms with Crippen LogP contribution in [-0.2, 0) is 0 Å². The highest BCUT2D eigenvalue weighted by Crippen LogP contribution is 2.39. The van der Waals surface area contributed by atoms with Crippen molar-refractivity contribution in [1.29, 1.82) is 0 Å². The number of benzene rings is 7. The summed E-state index contributed by atoms with van der Waals surface area (Å²) in [7, 11) is 0. The fourth-order valence-corrected chi connectivity index (χ4v) is 7.41. The molecule has 10 rings (SSSR count). The minimum absolute atomic E-state index is 0.899. The first kappa shape index (κ1) is 25.3. The summed E-state index contributed by atoms with van der Waals surface area (Å²) in [5.41, 5.74) is 12.5. The fourth-order valence-electron chi connectivity index (χ4n) is 7.41. The first-order valence-electron chi connectivity index (χ1n) is 15.8. The third kappa shape index (κ3) is 3.60. The Kier molecular flexibility index (Phi) is 5.20. The van der Waals surface area contributed by atoms with Gasteiger partial charge in [-0.25, -0.2) is 0 Å². The summed E-state index contributed by atoms with van der Waals surface area (Å²) in [6, 6.07) is 54.8. The van der Waals surface area contributed by atoms with Gasteiger partial charge in [0.2, 0.25) is 0 Å². The zero-order chi connectivity index (χ0) is 30.4. The number of furan rings is 1. The molecule has 3 aromatic heterocycles. The van der Waals surface area contributed by atoms with E-state index >= 15 is 0 Å². The Labute approximate surface area is 265 Å². The van der Waals surface area contributed by atoms with Gasteiger partial charge in [-0.3, -0.25) is 0 Å². The molecule has 3 heteroatoms. The Hall–Kier alpha value is -6.06. The third-order valence-electron chi connectivity index (χ3n) is 9.59. The zero-order valence-electron chi connectivity index (χ0n) is 25.2. The van der Waals surface area contributed by atoms with Crippen LogP contribution in [0.2, 0.25) is 0 Å². The molecule has 0 unspecified atom stereocenters. The highest BCUT2D eigenvalue weighted by Gasteiger charge is 2.17. The van der Waals surface area contributed by atoms with Crippen LogP contribution in [0.1, 0.15) is 5.56 Å². The van der Waals surface area contributed by atoms with Crippen LogP contribution >= 0.6 is 0 Å². The van der Waals surface area contributed by atoms with Crippen molar-refractivity contribution in [2.24, 2.45) is 0 Å². The van der Waals surface area contributed by atoms with Crippen molar-refractivity contribution >= 4 is 65.6 Å². The standard InChI is InChI=1S/C43H28N2O/c1-27-14-18-30(19-15-27)44-39-12-6-3-9-33(39)37-24-28(17-23-40(37)44)29-16-21-34-32-8-2-5-11-38(32)45(41(34)25-29)31-20-22-36-35-10-4-7-13-42(35)46-43(36)26-31/h2-26H,1H3. The van der Waals surface area contributed by atoms with Crippen molar-refractivity contribution in [2.75, 3.05) is 0 Å². The summed E-state index contributed by atoms with van der Waals surface area (Å²) in [6.45, 7) is 2.13. The number of hydrogen-bond acceptors (Lipinski definition) is 1. The summed E-state index contributed by atoms with van der Waals surface area (Å²) in [5, 5.41) is 7.27. The molecule has 0 atom stereocenters. The molecule has 0 amide bonds. The van der Waals surface area contributed by atoms with E-state index in [9.17, 15) is 0 Å². The van der Waals surface area contributed by atoms with E-state index in [2.05, 4.69) is 156 Å². The molecule has 216 valence electrons. The first-order valence-corrected chi connectivity index (χ1v) is 15.8. The average molecular weight is 589 g/mol. The zero-order valence-corrected chi connectivity index (χ0v) is 25.2. The summed E-state index contributed by atoms with van der Waals surface area (Å²) < 4.78 is 11.1. The molecule has 0 aliphatic heterocycles. The summed E-state index contributed by atoms with van der Waals surface area (Å²) in [6.07, 6.45) is 0. The number of fused-ring (bicyclic) bond motifs is 9. The van der Waals surface area contributed by atoms with Gasteiger partial charge in [0.05, 0.1) is 22.1 Å². The second kappa shape index (κ2) is 9.47. The number of nitrogens with zero attached hydrogens (tertiary/aromatic N) is 2. The van der Waals surface area contributed by atoms with Crippen LogP contribution < -0.4 is 0 Å². The lowest BCUT2D eigenvalue weighted by molar-refractivity contribution is 0.668. The lowest BCUT2D eigenvalue weighted by Crippen LogP contribution is -1.94. The predicted octanol–water partition coefficient (Wildman–Crippen LogP) is 11.8. The lowest BCUT2D eigenvalue weighted by atomic mass is 10.0. The Morgan fingerprint density at radius 1 is 0.370 bits per heavy atom. The SMILES string of the molecule is Cc1ccc(-n2c3ccccc3c3cc(-c4ccc5c6ccccc6n(-c6ccc7c(c6)oc6ccccc67)c5c4)ccc32)cc1. The van der Waals surface area contributed by atoms with Gasteiger partial charge < -0.3 is 13.6 Å². The Morgan fingerprint density at radius 3 is 1.72 bits per heavy atom. The third-order valence-corrected chi connectivity index (χ3v) is 9.59. The van der Waals surface area contributed by atoms with E-state index in [-0.39, 0.29) is 0 Å². The lowest BCUT2D eigenvalue weighted by Gasteiger charge is -2.10. The molecule has 46 heavy (non-hydrogen) atoms. The van der Waals surface area contributed by atoms with Gasteiger partial charge in [-0.05, 0) is 78.7 Å². The predicted molar refractivity (Wildman–Crippen MR) is 193 cm³/mol. The van der Waals surface area contributed by atoms with Crippen molar-refractivity contribution < 1.29 is 4.42 Å². The minimum atomic E-state index is 0.899. The maximum absolute atomic E-state index is 6.31. The molecule has 3 heterocycles. The quantitative estimate of drug-likeness (QED) is 0.201. The number of aryl methyl sites for hydroxylation is 1. The molecule has 0 fully saturated rings. The summed E-state index contributed by atoms with van der Waals surface area (Å²) in [5.74, 6) is 0. The molecule has 7 aromatic carbocycles. The van der Waals surface area contributed by atoms with E-state index in [4.69, 9.17) is 4.42 Å². The molecular weight excluding hydrogens is 560 g/mol. The smallest absolute Gasteiger partial charge is 0.137 e. The molecule has 0 N–H and O–H groups in total. The molecule has 0 saturated heterocycles. The Morgan fingerprint density at radius 2 is 0.913 bits per heavy atom. The molecule has 10 aromatic rings. The van der Waals surface area contributed by atoms with Crippen LogP contribution in [-0.4, -0.2) is 9.13 Å². The molecule has 0 bridgehead atoms. The maximum atomic E-state index is 6.31. The molecule has 3 nitrogen and oxygen atoms in total. The van der Waals surface area contributed by atoms with Gasteiger partial charge in [0, 0.05) is 49.8 Å². The first-order chi connectivity index (χ1) is 22.7. The monoisotopic (exact) mass is 588 g/mol. The highest BCUT2D eigenvalue weighted by atomic mass is 16.3. The molecular formula is C43H28N2O. The van der Waals surface area contributed by atoms with Crippen LogP contribution in [0.4, 0.5) is 0 Å². The number of hydrogen-bond donors (Lipinski definition) is 0. The van der Waals surface area contributed by atoms with Crippen molar-refractivity contribution in [3.05, 3.63) is 157 Å². The van der Waals surface area contributed by atoms with Gasteiger partial charge >= 0.3 is 0 Å². The van der Waals surface area contributed by atoms with E-state index in [1.165, 1.54) is 66.0 Å². The van der Waals surface area contributed by atoms with Gasteiger partial charge in [-0.15, -0.1) is 0 Å². The van der Waals surface area contributed by atoms with Gasteiger partial charge in [0.25, 0.3) is 0 Å². The van der Waals surface area contributed by atoms with Crippen molar-refractivity contribution in [1.82, 2.24) is 9.13 Å². The molecule has 0 aliphatic rings. The number of para-hydroxylation sites is 3. The van der Waals surface area contributed by atoms with E-state index in [1.54, 1.807) is 0 Å². The van der Waals surface area contributed by atoms with Crippen LogP contribution in [0.5, 0.6) is 0 Å². The van der Waals surface area contributed by atoms with Crippen molar-refractivity contribution in [2.45, 2.75) is 6.92 Å².